The van der Waals surface area contributed by atoms with Gasteiger partial charge in [0.2, 0.25) is 5.91 Å². The van der Waals surface area contributed by atoms with Gasteiger partial charge in [-0.15, -0.1) is 0 Å². The van der Waals surface area contributed by atoms with Gasteiger partial charge < -0.3 is 15.0 Å². The Bertz CT molecular complexity index is 646. The highest BCUT2D eigenvalue weighted by Crippen LogP contribution is 2.40. The number of rotatable bonds is 6. The lowest BCUT2D eigenvalue weighted by Crippen LogP contribution is -2.50. The molecule has 0 aromatic heterocycles. The van der Waals surface area contributed by atoms with Crippen LogP contribution in [0.3, 0.4) is 0 Å². The summed E-state index contributed by atoms with van der Waals surface area (Å²) in [5.41, 5.74) is 1.63. The van der Waals surface area contributed by atoms with Crippen molar-refractivity contribution in [2.24, 2.45) is 5.41 Å². The molecule has 0 aliphatic carbocycles. The molecular weight excluding hydrogens is 330 g/mol. The summed E-state index contributed by atoms with van der Waals surface area (Å²) in [5.74, 6) is 0.235. The van der Waals surface area contributed by atoms with Crippen LogP contribution in [-0.2, 0) is 16.1 Å². The van der Waals surface area contributed by atoms with E-state index in [0.717, 1.165) is 45.4 Å². The van der Waals surface area contributed by atoms with Crippen LogP contribution in [0.15, 0.2) is 24.3 Å². The summed E-state index contributed by atoms with van der Waals surface area (Å²) in [4.78, 5) is 29.0. The lowest BCUT2D eigenvalue weighted by Gasteiger charge is -2.39. The zero-order chi connectivity index (χ0) is 18.6. The Kier molecular flexibility index (Phi) is 5.94. The minimum Gasteiger partial charge on any atom is -0.383 e. The van der Waals surface area contributed by atoms with Gasteiger partial charge in [0, 0.05) is 45.9 Å². The largest absolute Gasteiger partial charge is 0.383 e. The minimum atomic E-state index is -0.214. The molecule has 1 N–H and O–H groups in total. The van der Waals surface area contributed by atoms with Crippen molar-refractivity contribution in [2.45, 2.75) is 25.8 Å². The van der Waals surface area contributed by atoms with E-state index in [9.17, 15) is 9.59 Å². The van der Waals surface area contributed by atoms with Crippen molar-refractivity contribution in [3.63, 3.8) is 0 Å². The molecule has 1 atom stereocenters. The van der Waals surface area contributed by atoms with E-state index in [1.165, 1.54) is 5.56 Å². The molecule has 142 valence electrons. The van der Waals surface area contributed by atoms with Gasteiger partial charge in [0.05, 0.1) is 12.0 Å². The highest BCUT2D eigenvalue weighted by Gasteiger charge is 2.47. The summed E-state index contributed by atoms with van der Waals surface area (Å²) in [7, 11) is 3.31. The van der Waals surface area contributed by atoms with E-state index in [2.05, 4.69) is 10.2 Å². The van der Waals surface area contributed by atoms with E-state index >= 15 is 0 Å². The molecule has 2 fully saturated rings. The van der Waals surface area contributed by atoms with Crippen LogP contribution < -0.4 is 5.32 Å². The van der Waals surface area contributed by atoms with Gasteiger partial charge in [0.15, 0.2) is 0 Å². The maximum atomic E-state index is 13.0. The molecule has 1 aromatic rings. The highest BCUT2D eigenvalue weighted by atomic mass is 16.5. The average Bonchev–Trinajstić information content (AvgIpc) is 3.06. The molecule has 0 unspecified atom stereocenters. The van der Waals surface area contributed by atoms with Gasteiger partial charge in [-0.1, -0.05) is 12.1 Å². The Balaban J connectivity index is 1.61. The molecule has 2 aliphatic rings. The number of hydrogen-bond donors (Lipinski definition) is 1. The first-order valence-corrected chi connectivity index (χ1v) is 9.40. The van der Waals surface area contributed by atoms with E-state index in [1.54, 1.807) is 14.2 Å². The quantitative estimate of drug-likeness (QED) is 0.836. The normalized spacial score (nSPS) is 23.6. The van der Waals surface area contributed by atoms with Gasteiger partial charge in [0.1, 0.15) is 0 Å². The summed E-state index contributed by atoms with van der Waals surface area (Å²) >= 11 is 0. The molecule has 6 heteroatoms. The molecule has 1 aromatic carbocycles. The van der Waals surface area contributed by atoms with Crippen molar-refractivity contribution in [1.29, 1.82) is 0 Å². The van der Waals surface area contributed by atoms with Crippen molar-refractivity contribution in [3.05, 3.63) is 35.4 Å². The minimum absolute atomic E-state index is 0.0689. The second-order valence-electron chi connectivity index (χ2n) is 7.41. The number of methoxy groups -OCH3 is 1. The number of carbonyl (C=O) groups excluding carboxylic acids is 2. The number of carbonyl (C=O) groups is 2. The molecule has 2 saturated heterocycles. The molecule has 2 amide bonds. The molecule has 6 nitrogen and oxygen atoms in total. The lowest BCUT2D eigenvalue weighted by molar-refractivity contribution is -0.146. The van der Waals surface area contributed by atoms with Crippen LogP contribution in [-0.4, -0.2) is 68.6 Å². The summed E-state index contributed by atoms with van der Waals surface area (Å²) in [5, 5.41) is 2.64. The van der Waals surface area contributed by atoms with Gasteiger partial charge in [-0.25, -0.2) is 0 Å². The maximum Gasteiger partial charge on any atom is 0.251 e. The van der Waals surface area contributed by atoms with Crippen molar-refractivity contribution in [2.75, 3.05) is 46.9 Å². The Morgan fingerprint density at radius 1 is 1.23 bits per heavy atom. The standard InChI is InChI=1S/C20H29N3O3/c1-21-18(24)17-6-4-16(5-7-17)14-22-11-9-20(15-22)8-3-10-23(19(20)25)12-13-26-2/h4-7H,3,8-15H2,1-2H3,(H,21,24)/t20-/m1/s1. The van der Waals surface area contributed by atoms with Crippen LogP contribution >= 0.6 is 0 Å². The van der Waals surface area contributed by atoms with Crippen LogP contribution in [0.4, 0.5) is 0 Å². The lowest BCUT2D eigenvalue weighted by atomic mass is 9.78. The number of likely N-dealkylation sites (tertiary alicyclic amines) is 2. The predicted octanol–water partition coefficient (Wildman–Crippen LogP) is 1.51. The SMILES string of the molecule is CNC(=O)c1ccc(CN2CC[C@]3(CCCN(CCOC)C3=O)C2)cc1. The molecule has 0 saturated carbocycles. The fourth-order valence-corrected chi connectivity index (χ4v) is 4.20. The van der Waals surface area contributed by atoms with E-state index in [-0.39, 0.29) is 11.3 Å². The third-order valence-corrected chi connectivity index (χ3v) is 5.67. The predicted molar refractivity (Wildman–Crippen MR) is 99.8 cm³/mol. The van der Waals surface area contributed by atoms with Crippen LogP contribution in [0.25, 0.3) is 0 Å². The third kappa shape index (κ3) is 3.91. The van der Waals surface area contributed by atoms with E-state index in [4.69, 9.17) is 4.74 Å². The van der Waals surface area contributed by atoms with E-state index < -0.39 is 0 Å². The number of nitrogens with zero attached hydrogens (tertiary/aromatic N) is 2. The van der Waals surface area contributed by atoms with Crippen molar-refractivity contribution in [1.82, 2.24) is 15.1 Å². The fourth-order valence-electron chi connectivity index (χ4n) is 4.20. The zero-order valence-electron chi connectivity index (χ0n) is 15.8. The van der Waals surface area contributed by atoms with Crippen LogP contribution in [0.1, 0.15) is 35.2 Å². The molecular formula is C20H29N3O3. The number of nitrogens with one attached hydrogen (secondary N) is 1. The van der Waals surface area contributed by atoms with Crippen LogP contribution in [0.2, 0.25) is 0 Å². The van der Waals surface area contributed by atoms with Crippen LogP contribution in [0, 0.1) is 5.41 Å². The van der Waals surface area contributed by atoms with Crippen molar-refractivity contribution in [3.8, 4) is 0 Å². The average molecular weight is 359 g/mol. The van der Waals surface area contributed by atoms with E-state index in [0.29, 0.717) is 24.6 Å². The number of amides is 2. The van der Waals surface area contributed by atoms with Gasteiger partial charge in [-0.3, -0.25) is 14.5 Å². The number of piperidine rings is 1. The molecule has 1 spiro atoms. The topological polar surface area (TPSA) is 61.9 Å². The number of ether oxygens (including phenoxy) is 1. The van der Waals surface area contributed by atoms with Gasteiger partial charge in [-0.2, -0.15) is 0 Å². The molecule has 2 heterocycles. The third-order valence-electron chi connectivity index (χ3n) is 5.67. The van der Waals surface area contributed by atoms with Crippen molar-refractivity contribution < 1.29 is 14.3 Å². The zero-order valence-corrected chi connectivity index (χ0v) is 15.8. The molecule has 2 aliphatic heterocycles. The summed E-state index contributed by atoms with van der Waals surface area (Å²) < 4.78 is 5.15. The molecule has 3 rings (SSSR count). The fraction of sp³-hybridized carbons (Fsp3) is 0.600. The monoisotopic (exact) mass is 359 g/mol. The number of benzene rings is 1. The van der Waals surface area contributed by atoms with Gasteiger partial charge >= 0.3 is 0 Å². The first-order chi connectivity index (χ1) is 12.6. The second-order valence-corrected chi connectivity index (χ2v) is 7.41. The van der Waals surface area contributed by atoms with E-state index in [1.807, 2.05) is 29.2 Å². The highest BCUT2D eigenvalue weighted by molar-refractivity contribution is 5.93. The van der Waals surface area contributed by atoms with Gasteiger partial charge in [-0.05, 0) is 43.5 Å². The first kappa shape index (κ1) is 18.9. The Labute approximate surface area is 155 Å². The Morgan fingerprint density at radius 3 is 2.69 bits per heavy atom. The number of hydrogen-bond acceptors (Lipinski definition) is 4. The summed E-state index contributed by atoms with van der Waals surface area (Å²) in [6, 6.07) is 7.73. The first-order valence-electron chi connectivity index (χ1n) is 9.40. The summed E-state index contributed by atoms with van der Waals surface area (Å²) in [6.45, 7) is 4.74. The second kappa shape index (κ2) is 8.18. The molecule has 0 bridgehead atoms. The molecule has 0 radical (unpaired) electrons. The van der Waals surface area contributed by atoms with Gasteiger partial charge in [0.25, 0.3) is 5.91 Å². The maximum absolute atomic E-state index is 13.0. The molecule has 26 heavy (non-hydrogen) atoms. The smallest absolute Gasteiger partial charge is 0.251 e. The van der Waals surface area contributed by atoms with Crippen molar-refractivity contribution >= 4 is 11.8 Å². The van der Waals surface area contributed by atoms with Crippen LogP contribution in [0.5, 0.6) is 0 Å². The Hall–Kier alpha value is -1.92. The Morgan fingerprint density at radius 2 is 2.00 bits per heavy atom. The summed E-state index contributed by atoms with van der Waals surface area (Å²) in [6.07, 6.45) is 3.00.